The molecule has 2 aromatic carbocycles. The summed E-state index contributed by atoms with van der Waals surface area (Å²) >= 11 is 14.7. The molecule has 0 bridgehead atoms. The van der Waals surface area contributed by atoms with Crippen molar-refractivity contribution in [2.75, 3.05) is 5.32 Å². The average Bonchev–Trinajstić information content (AvgIpc) is 2.37. The Morgan fingerprint density at radius 2 is 1.67 bits per heavy atom. The first kappa shape index (κ1) is 16.5. The van der Waals surface area contributed by atoms with E-state index >= 15 is 0 Å². The number of hydrogen-bond donors (Lipinski definition) is 1. The highest BCUT2D eigenvalue weighted by atomic mass is 79.9. The van der Waals surface area contributed by atoms with Gasteiger partial charge in [0.15, 0.2) is 0 Å². The summed E-state index contributed by atoms with van der Waals surface area (Å²) in [6.45, 7) is 1.67. The van der Waals surface area contributed by atoms with Crippen LogP contribution < -0.4 is 5.32 Å². The second-order valence-corrected chi connectivity index (χ2v) is 6.07. The lowest BCUT2D eigenvalue weighted by Gasteiger charge is -2.19. The van der Waals surface area contributed by atoms with Crippen molar-refractivity contribution in [3.05, 3.63) is 61.8 Å². The van der Waals surface area contributed by atoms with Gasteiger partial charge < -0.3 is 5.32 Å². The minimum atomic E-state index is -0.765. The molecule has 1 unspecified atom stereocenters. The van der Waals surface area contributed by atoms with Crippen molar-refractivity contribution in [3.63, 3.8) is 0 Å². The largest absolute Gasteiger partial charge is 0.375 e. The number of nitrogens with one attached hydrogen (secondary N) is 1. The monoisotopic (exact) mass is 397 g/mol. The first-order valence-electron chi connectivity index (χ1n) is 5.85. The SMILES string of the molecule is CC(Nc1c(F)cc(F)cc1Br)c1cc(F)c(Cl)cc1Cl. The Bertz CT molecular complexity index is 671. The minimum Gasteiger partial charge on any atom is -0.375 e. The van der Waals surface area contributed by atoms with Gasteiger partial charge in [-0.3, -0.25) is 0 Å². The van der Waals surface area contributed by atoms with Crippen LogP contribution in [0.15, 0.2) is 28.7 Å². The standard InChI is InChI=1S/C14H9BrCl2F3N/c1-6(8-4-12(19)11(17)5-10(8)16)21-14-9(15)2-7(18)3-13(14)20/h2-6,21H,1H3. The Balaban J connectivity index is 2.35. The van der Waals surface area contributed by atoms with E-state index in [9.17, 15) is 13.2 Å². The van der Waals surface area contributed by atoms with Crippen LogP contribution >= 0.6 is 39.1 Å². The van der Waals surface area contributed by atoms with Crippen LogP contribution in [0.3, 0.4) is 0 Å². The van der Waals surface area contributed by atoms with E-state index in [1.807, 2.05) is 0 Å². The Kier molecular flexibility index (Phi) is 5.07. The van der Waals surface area contributed by atoms with Crippen LogP contribution in [0.25, 0.3) is 0 Å². The van der Waals surface area contributed by atoms with Gasteiger partial charge in [-0.2, -0.15) is 0 Å². The van der Waals surface area contributed by atoms with Crippen LogP contribution in [0.5, 0.6) is 0 Å². The van der Waals surface area contributed by atoms with E-state index < -0.39 is 23.5 Å². The number of halogens is 6. The van der Waals surface area contributed by atoms with Crippen LogP contribution in [0, 0.1) is 17.5 Å². The topological polar surface area (TPSA) is 12.0 Å². The average molecular weight is 399 g/mol. The van der Waals surface area contributed by atoms with Crippen molar-refractivity contribution in [1.82, 2.24) is 0 Å². The van der Waals surface area contributed by atoms with E-state index in [1.54, 1.807) is 6.92 Å². The van der Waals surface area contributed by atoms with Crippen LogP contribution in [-0.4, -0.2) is 0 Å². The van der Waals surface area contributed by atoms with E-state index in [-0.39, 0.29) is 20.2 Å². The lowest BCUT2D eigenvalue weighted by Crippen LogP contribution is -2.10. The maximum atomic E-state index is 13.8. The van der Waals surface area contributed by atoms with Crippen LogP contribution in [0.1, 0.15) is 18.5 Å². The number of benzene rings is 2. The van der Waals surface area contributed by atoms with Crippen molar-refractivity contribution in [3.8, 4) is 0 Å². The Morgan fingerprint density at radius 1 is 1.00 bits per heavy atom. The molecule has 0 fully saturated rings. The molecule has 112 valence electrons. The molecule has 0 aliphatic carbocycles. The molecule has 2 rings (SSSR count). The Hall–Kier alpha value is -0.910. The van der Waals surface area contributed by atoms with Gasteiger partial charge in [0.1, 0.15) is 17.5 Å². The zero-order chi connectivity index (χ0) is 15.7. The molecular formula is C14H9BrCl2F3N. The number of rotatable bonds is 3. The van der Waals surface area contributed by atoms with Crippen LogP contribution in [-0.2, 0) is 0 Å². The first-order valence-corrected chi connectivity index (χ1v) is 7.40. The van der Waals surface area contributed by atoms with E-state index in [0.717, 1.165) is 12.1 Å². The van der Waals surface area contributed by atoms with Gasteiger partial charge in [-0.15, -0.1) is 0 Å². The van der Waals surface area contributed by atoms with Crippen LogP contribution in [0.4, 0.5) is 18.9 Å². The zero-order valence-corrected chi connectivity index (χ0v) is 13.8. The molecule has 2 aromatic rings. The predicted octanol–water partition coefficient (Wildman–Crippen LogP) is 6.35. The van der Waals surface area contributed by atoms with Crippen molar-refractivity contribution >= 4 is 44.8 Å². The van der Waals surface area contributed by atoms with E-state index in [4.69, 9.17) is 23.2 Å². The molecule has 1 N–H and O–H groups in total. The molecule has 0 saturated heterocycles. The first-order chi connectivity index (χ1) is 9.79. The predicted molar refractivity (Wildman–Crippen MR) is 82.5 cm³/mol. The Morgan fingerprint density at radius 3 is 2.29 bits per heavy atom. The molecule has 1 atom stereocenters. The lowest BCUT2D eigenvalue weighted by atomic mass is 10.1. The summed E-state index contributed by atoms with van der Waals surface area (Å²) in [5.74, 6) is -2.09. The third-order valence-electron chi connectivity index (χ3n) is 2.87. The molecule has 21 heavy (non-hydrogen) atoms. The molecule has 0 heterocycles. The van der Waals surface area contributed by atoms with E-state index in [0.29, 0.717) is 5.56 Å². The maximum Gasteiger partial charge on any atom is 0.150 e. The molecule has 0 aromatic heterocycles. The second-order valence-electron chi connectivity index (χ2n) is 4.40. The van der Waals surface area contributed by atoms with Gasteiger partial charge in [-0.25, -0.2) is 13.2 Å². The third kappa shape index (κ3) is 3.65. The van der Waals surface area contributed by atoms with Gasteiger partial charge in [-0.05, 0) is 46.6 Å². The molecule has 0 aliphatic heterocycles. The van der Waals surface area contributed by atoms with E-state index in [1.165, 1.54) is 12.1 Å². The fourth-order valence-electron chi connectivity index (χ4n) is 1.84. The zero-order valence-electron chi connectivity index (χ0n) is 10.7. The fraction of sp³-hybridized carbons (Fsp3) is 0.143. The smallest absolute Gasteiger partial charge is 0.150 e. The summed E-state index contributed by atoms with van der Waals surface area (Å²) < 4.78 is 40.6. The summed E-state index contributed by atoms with van der Waals surface area (Å²) in [5.41, 5.74) is 0.476. The summed E-state index contributed by atoms with van der Waals surface area (Å²) in [7, 11) is 0. The quantitative estimate of drug-likeness (QED) is 0.594. The minimum absolute atomic E-state index is 0.0651. The van der Waals surface area contributed by atoms with Gasteiger partial charge in [0.2, 0.25) is 0 Å². The van der Waals surface area contributed by atoms with Gasteiger partial charge in [-0.1, -0.05) is 23.2 Å². The van der Waals surface area contributed by atoms with Crippen molar-refractivity contribution < 1.29 is 13.2 Å². The molecular weight excluding hydrogens is 390 g/mol. The molecule has 1 nitrogen and oxygen atoms in total. The Labute approximate surface area is 138 Å². The second kappa shape index (κ2) is 6.46. The van der Waals surface area contributed by atoms with Crippen molar-refractivity contribution in [2.24, 2.45) is 0 Å². The summed E-state index contributed by atoms with van der Waals surface area (Å²) in [4.78, 5) is 0. The normalized spacial score (nSPS) is 12.3. The molecule has 0 spiro atoms. The summed E-state index contributed by atoms with van der Waals surface area (Å²) in [5, 5.41) is 2.98. The highest BCUT2D eigenvalue weighted by Crippen LogP contribution is 2.34. The molecule has 0 radical (unpaired) electrons. The van der Waals surface area contributed by atoms with Gasteiger partial charge in [0.25, 0.3) is 0 Å². The number of hydrogen-bond acceptors (Lipinski definition) is 1. The molecule has 7 heteroatoms. The molecule has 0 saturated carbocycles. The highest BCUT2D eigenvalue weighted by molar-refractivity contribution is 9.10. The maximum absolute atomic E-state index is 13.8. The van der Waals surface area contributed by atoms with Crippen molar-refractivity contribution in [2.45, 2.75) is 13.0 Å². The van der Waals surface area contributed by atoms with Crippen molar-refractivity contribution in [1.29, 1.82) is 0 Å². The third-order valence-corrected chi connectivity index (χ3v) is 4.12. The van der Waals surface area contributed by atoms with Gasteiger partial charge >= 0.3 is 0 Å². The molecule has 0 aliphatic rings. The summed E-state index contributed by atoms with van der Waals surface area (Å²) in [6.07, 6.45) is 0. The lowest BCUT2D eigenvalue weighted by molar-refractivity contribution is 0.582. The molecule has 0 amide bonds. The van der Waals surface area contributed by atoms with Crippen LogP contribution in [0.2, 0.25) is 10.0 Å². The van der Waals surface area contributed by atoms with Gasteiger partial charge in [0, 0.05) is 15.6 Å². The van der Waals surface area contributed by atoms with E-state index in [2.05, 4.69) is 21.2 Å². The summed E-state index contributed by atoms with van der Waals surface area (Å²) in [6, 6.07) is 3.83. The van der Waals surface area contributed by atoms with Gasteiger partial charge in [0.05, 0.1) is 16.8 Å². The highest BCUT2D eigenvalue weighted by Gasteiger charge is 2.17. The fourth-order valence-corrected chi connectivity index (χ4v) is 2.91. The number of anilines is 1.